The van der Waals surface area contributed by atoms with E-state index in [1.807, 2.05) is 0 Å². The molecule has 7 nitrogen and oxygen atoms in total. The smallest absolute Gasteiger partial charge is 0.240 e. The van der Waals surface area contributed by atoms with E-state index in [2.05, 4.69) is 17.0 Å². The van der Waals surface area contributed by atoms with E-state index in [1.54, 1.807) is 18.2 Å². The summed E-state index contributed by atoms with van der Waals surface area (Å²) in [6.45, 7) is 2.46. The fourth-order valence-corrected chi connectivity index (χ4v) is 4.87. The number of nitrogens with one attached hydrogen (secondary N) is 2. The molecule has 1 amide bonds. The van der Waals surface area contributed by atoms with Crippen LogP contribution in [0.2, 0.25) is 0 Å². The number of sulfone groups is 1. The third-order valence-corrected chi connectivity index (χ3v) is 7.30. The molecule has 2 rings (SSSR count). The van der Waals surface area contributed by atoms with Gasteiger partial charge in [-0.25, -0.2) is 21.6 Å². The zero-order valence-electron chi connectivity index (χ0n) is 16.3. The first kappa shape index (κ1) is 23.1. The molecule has 2 aromatic rings. The second kappa shape index (κ2) is 10.5. The minimum atomic E-state index is -3.75. The minimum absolute atomic E-state index is 0.0709. The SMILES string of the molecule is CCCCCCNS(=O)(=O)c1ccc(NC(=O)CS(=O)(=O)c2ccccc2)cc1. The average molecular weight is 439 g/mol. The number of sulfonamides is 1. The Morgan fingerprint density at radius 1 is 0.828 bits per heavy atom. The zero-order valence-corrected chi connectivity index (χ0v) is 17.9. The maximum absolute atomic E-state index is 12.3. The molecule has 158 valence electrons. The van der Waals surface area contributed by atoms with Crippen LogP contribution in [0.5, 0.6) is 0 Å². The summed E-state index contributed by atoms with van der Waals surface area (Å²) in [6, 6.07) is 13.3. The highest BCUT2D eigenvalue weighted by atomic mass is 32.2. The second-order valence-electron chi connectivity index (χ2n) is 6.60. The number of unbranched alkanes of at least 4 members (excludes halogenated alkanes) is 3. The molecule has 0 aliphatic heterocycles. The molecule has 0 heterocycles. The fourth-order valence-electron chi connectivity index (χ4n) is 2.64. The first-order valence-corrected chi connectivity index (χ1v) is 12.6. The highest BCUT2D eigenvalue weighted by Gasteiger charge is 2.19. The van der Waals surface area contributed by atoms with Gasteiger partial charge in [0.1, 0.15) is 5.75 Å². The Morgan fingerprint density at radius 3 is 2.10 bits per heavy atom. The van der Waals surface area contributed by atoms with E-state index in [0.29, 0.717) is 12.2 Å². The lowest BCUT2D eigenvalue weighted by atomic mass is 10.2. The number of hydrogen-bond acceptors (Lipinski definition) is 5. The Balaban J connectivity index is 1.93. The summed E-state index contributed by atoms with van der Waals surface area (Å²) in [5, 5.41) is 2.48. The summed E-state index contributed by atoms with van der Waals surface area (Å²) in [5.41, 5.74) is 0.320. The van der Waals surface area contributed by atoms with E-state index in [4.69, 9.17) is 0 Å². The van der Waals surface area contributed by atoms with Crippen LogP contribution in [0, 0.1) is 0 Å². The minimum Gasteiger partial charge on any atom is -0.325 e. The first-order valence-electron chi connectivity index (χ1n) is 9.42. The normalized spacial score (nSPS) is 11.9. The topological polar surface area (TPSA) is 109 Å². The van der Waals surface area contributed by atoms with Crippen molar-refractivity contribution in [3.05, 3.63) is 54.6 Å². The maximum atomic E-state index is 12.3. The van der Waals surface area contributed by atoms with Gasteiger partial charge in [-0.2, -0.15) is 0 Å². The summed E-state index contributed by atoms with van der Waals surface area (Å²) in [7, 11) is -7.36. The molecule has 0 saturated heterocycles. The van der Waals surface area contributed by atoms with Gasteiger partial charge in [0.05, 0.1) is 9.79 Å². The van der Waals surface area contributed by atoms with E-state index in [0.717, 1.165) is 25.7 Å². The molecule has 0 fully saturated rings. The quantitative estimate of drug-likeness (QED) is 0.524. The Bertz CT molecular complexity index is 1000. The molecule has 0 aliphatic carbocycles. The van der Waals surface area contributed by atoms with Gasteiger partial charge in [-0.3, -0.25) is 4.79 Å². The summed E-state index contributed by atoms with van der Waals surface area (Å²) < 4.78 is 51.6. The lowest BCUT2D eigenvalue weighted by Crippen LogP contribution is -2.25. The highest BCUT2D eigenvalue weighted by molar-refractivity contribution is 7.92. The van der Waals surface area contributed by atoms with Crippen molar-refractivity contribution >= 4 is 31.5 Å². The van der Waals surface area contributed by atoms with Crippen molar-refractivity contribution in [1.82, 2.24) is 4.72 Å². The van der Waals surface area contributed by atoms with Crippen molar-refractivity contribution in [3.63, 3.8) is 0 Å². The van der Waals surface area contributed by atoms with E-state index >= 15 is 0 Å². The molecule has 9 heteroatoms. The molecule has 2 aromatic carbocycles. The monoisotopic (exact) mass is 438 g/mol. The van der Waals surface area contributed by atoms with Gasteiger partial charge in [0, 0.05) is 12.2 Å². The van der Waals surface area contributed by atoms with E-state index in [1.165, 1.54) is 36.4 Å². The van der Waals surface area contributed by atoms with Crippen LogP contribution in [0.25, 0.3) is 0 Å². The van der Waals surface area contributed by atoms with Crippen LogP contribution in [0.15, 0.2) is 64.4 Å². The van der Waals surface area contributed by atoms with Crippen molar-refractivity contribution in [1.29, 1.82) is 0 Å². The predicted octanol–water partition coefficient (Wildman–Crippen LogP) is 2.96. The molecule has 0 radical (unpaired) electrons. The van der Waals surface area contributed by atoms with Crippen molar-refractivity contribution in [2.75, 3.05) is 17.6 Å². The van der Waals surface area contributed by atoms with Crippen LogP contribution in [0.1, 0.15) is 32.6 Å². The fraction of sp³-hybridized carbons (Fsp3) is 0.350. The van der Waals surface area contributed by atoms with E-state index < -0.39 is 31.5 Å². The molecular weight excluding hydrogens is 412 g/mol. The van der Waals surface area contributed by atoms with Crippen molar-refractivity contribution in [2.45, 2.75) is 42.4 Å². The number of rotatable bonds is 11. The van der Waals surface area contributed by atoms with Gasteiger partial charge in [0.2, 0.25) is 15.9 Å². The van der Waals surface area contributed by atoms with Gasteiger partial charge in [-0.15, -0.1) is 0 Å². The van der Waals surface area contributed by atoms with Gasteiger partial charge in [-0.05, 0) is 42.8 Å². The number of hydrogen-bond donors (Lipinski definition) is 2. The lowest BCUT2D eigenvalue weighted by molar-refractivity contribution is -0.113. The zero-order chi connectivity index (χ0) is 21.3. The van der Waals surface area contributed by atoms with Crippen LogP contribution in [0.3, 0.4) is 0 Å². The largest absolute Gasteiger partial charge is 0.325 e. The number of benzene rings is 2. The van der Waals surface area contributed by atoms with Crippen LogP contribution >= 0.6 is 0 Å². The molecule has 29 heavy (non-hydrogen) atoms. The molecule has 0 atom stereocenters. The number of anilines is 1. The van der Waals surface area contributed by atoms with Gasteiger partial charge < -0.3 is 5.32 Å². The molecule has 0 saturated carbocycles. The van der Waals surface area contributed by atoms with Crippen molar-refractivity contribution in [3.8, 4) is 0 Å². The number of amides is 1. The van der Waals surface area contributed by atoms with E-state index in [-0.39, 0.29) is 9.79 Å². The van der Waals surface area contributed by atoms with Gasteiger partial charge in [0.25, 0.3) is 0 Å². The molecular formula is C20H26N2O5S2. The third kappa shape index (κ3) is 7.26. The summed E-state index contributed by atoms with van der Waals surface area (Å²) in [5.74, 6) is -1.39. The first-order chi connectivity index (χ1) is 13.7. The molecule has 0 bridgehead atoms. The lowest BCUT2D eigenvalue weighted by Gasteiger charge is -2.09. The van der Waals surface area contributed by atoms with Crippen molar-refractivity contribution < 1.29 is 21.6 Å². The van der Waals surface area contributed by atoms with Crippen molar-refractivity contribution in [2.24, 2.45) is 0 Å². The predicted molar refractivity (Wildman–Crippen MR) is 113 cm³/mol. The summed E-state index contributed by atoms with van der Waals surface area (Å²) in [4.78, 5) is 12.2. The van der Waals surface area contributed by atoms with Crippen LogP contribution < -0.4 is 10.0 Å². The number of carbonyl (C=O) groups excluding carboxylic acids is 1. The Labute approximate surface area is 172 Å². The maximum Gasteiger partial charge on any atom is 0.240 e. The van der Waals surface area contributed by atoms with Gasteiger partial charge >= 0.3 is 0 Å². The Kier molecular flexibility index (Phi) is 8.36. The van der Waals surface area contributed by atoms with E-state index in [9.17, 15) is 21.6 Å². The molecule has 2 N–H and O–H groups in total. The average Bonchev–Trinajstić information content (AvgIpc) is 2.68. The third-order valence-electron chi connectivity index (χ3n) is 4.19. The van der Waals surface area contributed by atoms with Crippen LogP contribution in [-0.2, 0) is 24.7 Å². The summed E-state index contributed by atoms with van der Waals surface area (Å²) in [6.07, 6.45) is 3.88. The number of carbonyl (C=O) groups is 1. The standard InChI is InChI=1S/C20H26N2O5S2/c1-2-3-4-8-15-21-29(26,27)19-13-11-17(12-14-19)22-20(23)16-28(24,25)18-9-6-5-7-10-18/h5-7,9-14,21H,2-4,8,15-16H2,1H3,(H,22,23). The molecule has 0 aliphatic rings. The molecule has 0 aromatic heterocycles. The highest BCUT2D eigenvalue weighted by Crippen LogP contribution is 2.15. The Morgan fingerprint density at radius 2 is 1.48 bits per heavy atom. The van der Waals surface area contributed by atoms with Crippen LogP contribution in [-0.4, -0.2) is 35.0 Å². The second-order valence-corrected chi connectivity index (χ2v) is 10.4. The molecule has 0 unspecified atom stereocenters. The Hall–Kier alpha value is -2.23. The van der Waals surface area contributed by atoms with Gasteiger partial charge in [0.15, 0.2) is 9.84 Å². The summed E-state index contributed by atoms with van der Waals surface area (Å²) >= 11 is 0. The molecule has 0 spiro atoms. The van der Waals surface area contributed by atoms with Crippen LogP contribution in [0.4, 0.5) is 5.69 Å². The van der Waals surface area contributed by atoms with Gasteiger partial charge in [-0.1, -0.05) is 44.4 Å².